The van der Waals surface area contributed by atoms with Gasteiger partial charge in [0.05, 0.1) is 6.21 Å². The summed E-state index contributed by atoms with van der Waals surface area (Å²) in [7, 11) is 0. The average molecular weight is 387 g/mol. The maximum Gasteiger partial charge on any atom is 0.408 e. The van der Waals surface area contributed by atoms with Gasteiger partial charge in [0.2, 0.25) is 0 Å². The van der Waals surface area contributed by atoms with Crippen LogP contribution in [0, 0.1) is 5.92 Å². The Kier molecular flexibility index (Phi) is 7.20. The van der Waals surface area contributed by atoms with Crippen molar-refractivity contribution in [2.24, 2.45) is 11.0 Å². The van der Waals surface area contributed by atoms with Crippen molar-refractivity contribution < 1.29 is 19.1 Å². The summed E-state index contributed by atoms with van der Waals surface area (Å²) in [6.07, 6.45) is 3.60. The molecular weight excluding hydrogens is 358 g/mol. The first kappa shape index (κ1) is 21.5. The molecule has 2 rings (SSSR count). The summed E-state index contributed by atoms with van der Waals surface area (Å²) in [5.74, 6) is 0.350. The average Bonchev–Trinajstić information content (AvgIpc) is 2.64. The van der Waals surface area contributed by atoms with Crippen molar-refractivity contribution in [2.75, 3.05) is 6.61 Å². The van der Waals surface area contributed by atoms with Crippen LogP contribution < -0.4 is 15.5 Å². The number of ether oxygens (including phenoxy) is 2. The highest BCUT2D eigenvalue weighted by molar-refractivity contribution is 5.90. The van der Waals surface area contributed by atoms with Crippen LogP contribution in [0.25, 0.3) is 6.08 Å². The number of para-hydroxylation sites is 1. The minimum Gasteiger partial charge on any atom is -0.488 e. The summed E-state index contributed by atoms with van der Waals surface area (Å²) in [5, 5.41) is 6.66. The molecule has 2 amide bonds. The predicted molar refractivity (Wildman–Crippen MR) is 109 cm³/mol. The molecule has 7 heteroatoms. The van der Waals surface area contributed by atoms with Gasteiger partial charge in [-0.05, 0) is 38.8 Å². The number of benzene rings is 1. The SMILES string of the molecule is CC[C@@H](C)[C@H](NC(=O)OC(C)(C)C)C(=O)N/N=C\C1=Cc2ccccc2OC1. The third-order valence-electron chi connectivity index (χ3n) is 4.23. The zero-order chi connectivity index (χ0) is 20.7. The Hall–Kier alpha value is -2.83. The summed E-state index contributed by atoms with van der Waals surface area (Å²) < 4.78 is 10.9. The van der Waals surface area contributed by atoms with E-state index in [1.807, 2.05) is 44.2 Å². The number of nitrogens with one attached hydrogen (secondary N) is 2. The fraction of sp³-hybridized carbons (Fsp3) is 0.476. The lowest BCUT2D eigenvalue weighted by Crippen LogP contribution is -2.50. The van der Waals surface area contributed by atoms with E-state index in [2.05, 4.69) is 15.8 Å². The molecule has 0 bridgehead atoms. The Labute approximate surface area is 166 Å². The second kappa shape index (κ2) is 9.39. The number of alkyl carbamates (subject to hydrolysis) is 1. The Bertz CT molecular complexity index is 765. The Morgan fingerprint density at radius 2 is 2.04 bits per heavy atom. The van der Waals surface area contributed by atoms with Crippen molar-refractivity contribution in [3.8, 4) is 5.75 Å². The van der Waals surface area contributed by atoms with Gasteiger partial charge in [-0.15, -0.1) is 0 Å². The first-order valence-corrected chi connectivity index (χ1v) is 9.44. The lowest BCUT2D eigenvalue weighted by Gasteiger charge is -2.25. The van der Waals surface area contributed by atoms with Crippen molar-refractivity contribution in [1.29, 1.82) is 0 Å². The molecule has 7 nitrogen and oxygen atoms in total. The number of carbonyl (C=O) groups excluding carboxylic acids is 2. The topological polar surface area (TPSA) is 89.0 Å². The smallest absolute Gasteiger partial charge is 0.408 e. The maximum absolute atomic E-state index is 12.5. The fourth-order valence-electron chi connectivity index (χ4n) is 2.59. The van der Waals surface area contributed by atoms with Gasteiger partial charge in [0.1, 0.15) is 24.0 Å². The summed E-state index contributed by atoms with van der Waals surface area (Å²) in [6.45, 7) is 9.53. The van der Waals surface area contributed by atoms with Crippen LogP contribution in [0.4, 0.5) is 4.79 Å². The van der Waals surface area contributed by atoms with E-state index in [4.69, 9.17) is 9.47 Å². The maximum atomic E-state index is 12.5. The molecule has 28 heavy (non-hydrogen) atoms. The molecule has 0 aromatic heterocycles. The molecule has 1 aliphatic heterocycles. The number of carbonyl (C=O) groups is 2. The molecular formula is C21H29N3O4. The van der Waals surface area contributed by atoms with E-state index in [0.717, 1.165) is 16.9 Å². The number of rotatable bonds is 6. The van der Waals surface area contributed by atoms with Crippen LogP contribution in [0.5, 0.6) is 5.75 Å². The van der Waals surface area contributed by atoms with E-state index in [0.29, 0.717) is 13.0 Å². The molecule has 0 saturated carbocycles. The number of fused-ring (bicyclic) bond motifs is 1. The Balaban J connectivity index is 1.98. The van der Waals surface area contributed by atoms with Crippen LogP contribution in [-0.4, -0.2) is 36.5 Å². The van der Waals surface area contributed by atoms with E-state index in [1.165, 1.54) is 0 Å². The van der Waals surface area contributed by atoms with Crippen molar-refractivity contribution in [1.82, 2.24) is 10.7 Å². The van der Waals surface area contributed by atoms with Gasteiger partial charge in [-0.1, -0.05) is 38.5 Å². The van der Waals surface area contributed by atoms with Crippen LogP contribution in [0.3, 0.4) is 0 Å². The highest BCUT2D eigenvalue weighted by Gasteiger charge is 2.28. The third-order valence-corrected chi connectivity index (χ3v) is 4.23. The quantitative estimate of drug-likeness (QED) is 0.577. The molecule has 0 fully saturated rings. The fourth-order valence-corrected chi connectivity index (χ4v) is 2.59. The van der Waals surface area contributed by atoms with Crippen molar-refractivity contribution >= 4 is 24.3 Å². The molecule has 2 atom stereocenters. The van der Waals surface area contributed by atoms with Gasteiger partial charge >= 0.3 is 6.09 Å². The zero-order valence-corrected chi connectivity index (χ0v) is 17.1. The number of hydrogen-bond acceptors (Lipinski definition) is 5. The molecule has 0 saturated heterocycles. The van der Waals surface area contributed by atoms with Gasteiger partial charge < -0.3 is 14.8 Å². The van der Waals surface area contributed by atoms with E-state index >= 15 is 0 Å². The molecule has 152 valence electrons. The van der Waals surface area contributed by atoms with E-state index in [9.17, 15) is 9.59 Å². The number of hydrogen-bond donors (Lipinski definition) is 2. The van der Waals surface area contributed by atoms with Gasteiger partial charge in [-0.3, -0.25) is 4.79 Å². The first-order chi connectivity index (χ1) is 13.2. The number of nitrogens with zero attached hydrogens (tertiary/aromatic N) is 1. The van der Waals surface area contributed by atoms with E-state index in [-0.39, 0.29) is 5.92 Å². The van der Waals surface area contributed by atoms with Crippen LogP contribution in [0.2, 0.25) is 0 Å². The van der Waals surface area contributed by atoms with Gasteiger partial charge in [0.15, 0.2) is 0 Å². The summed E-state index contributed by atoms with van der Waals surface area (Å²) >= 11 is 0. The minimum atomic E-state index is -0.741. The second-order valence-corrected chi connectivity index (χ2v) is 7.79. The molecule has 0 spiro atoms. The van der Waals surface area contributed by atoms with Crippen LogP contribution in [0.1, 0.15) is 46.6 Å². The normalized spacial score (nSPS) is 15.7. The molecule has 1 aromatic carbocycles. The number of amides is 2. The van der Waals surface area contributed by atoms with Crippen LogP contribution in [0.15, 0.2) is 34.9 Å². The molecule has 1 heterocycles. The summed E-state index contributed by atoms with van der Waals surface area (Å²) in [6, 6.07) is 6.96. The molecule has 0 unspecified atom stereocenters. The van der Waals surface area contributed by atoms with Gasteiger partial charge in [0, 0.05) is 11.1 Å². The van der Waals surface area contributed by atoms with Crippen LogP contribution >= 0.6 is 0 Å². The first-order valence-electron chi connectivity index (χ1n) is 9.44. The lowest BCUT2D eigenvalue weighted by molar-refractivity contribution is -0.124. The number of hydrazone groups is 1. The van der Waals surface area contributed by atoms with Crippen molar-refractivity contribution in [3.05, 3.63) is 35.4 Å². The molecule has 1 aliphatic rings. The molecule has 0 radical (unpaired) electrons. The zero-order valence-electron chi connectivity index (χ0n) is 17.1. The minimum absolute atomic E-state index is 0.0770. The van der Waals surface area contributed by atoms with E-state index in [1.54, 1.807) is 27.0 Å². The largest absolute Gasteiger partial charge is 0.488 e. The Morgan fingerprint density at radius 1 is 1.32 bits per heavy atom. The molecule has 1 aromatic rings. The summed E-state index contributed by atoms with van der Waals surface area (Å²) in [4.78, 5) is 24.6. The van der Waals surface area contributed by atoms with Gasteiger partial charge in [0.25, 0.3) is 5.91 Å². The predicted octanol–water partition coefficient (Wildman–Crippen LogP) is 3.50. The monoisotopic (exact) mass is 387 g/mol. The highest BCUT2D eigenvalue weighted by atomic mass is 16.6. The van der Waals surface area contributed by atoms with Crippen molar-refractivity contribution in [2.45, 2.75) is 52.7 Å². The van der Waals surface area contributed by atoms with Gasteiger partial charge in [-0.2, -0.15) is 5.10 Å². The van der Waals surface area contributed by atoms with Crippen molar-refractivity contribution in [3.63, 3.8) is 0 Å². The second-order valence-electron chi connectivity index (χ2n) is 7.79. The highest BCUT2D eigenvalue weighted by Crippen LogP contribution is 2.24. The lowest BCUT2D eigenvalue weighted by atomic mass is 9.99. The molecule has 0 aliphatic carbocycles. The Morgan fingerprint density at radius 3 is 2.71 bits per heavy atom. The standard InChI is InChI=1S/C21H29N3O4/c1-6-14(2)18(23-20(26)28-21(3,4)5)19(25)24-22-12-15-11-16-9-7-8-10-17(16)27-13-15/h7-12,14,18H,6,13H2,1-5H3,(H,23,26)(H,24,25)/b22-12-/t14-,18+/m1/s1. The van der Waals surface area contributed by atoms with Gasteiger partial charge in [-0.25, -0.2) is 10.2 Å². The summed E-state index contributed by atoms with van der Waals surface area (Å²) in [5.41, 5.74) is 3.66. The van der Waals surface area contributed by atoms with Crippen LogP contribution in [-0.2, 0) is 9.53 Å². The third kappa shape index (κ3) is 6.40. The molecule has 2 N–H and O–H groups in total. The van der Waals surface area contributed by atoms with E-state index < -0.39 is 23.6 Å².